The molecule has 3 aliphatic rings. The number of primary amides is 1. The van der Waals surface area contributed by atoms with Crippen molar-refractivity contribution in [1.82, 2.24) is 9.80 Å². The number of esters is 1. The summed E-state index contributed by atoms with van der Waals surface area (Å²) in [5.74, 6) is -13.7. The van der Waals surface area contributed by atoms with E-state index in [1.165, 1.54) is 25.1 Å². The maximum Gasteiger partial charge on any atom is 0.413 e. The Hall–Kier alpha value is -5.68. The number of aliphatic hydroxyl groups is 1. The maximum absolute atomic E-state index is 14.4. The van der Waals surface area contributed by atoms with Gasteiger partial charge in [-0.25, -0.2) is 9.59 Å². The summed E-state index contributed by atoms with van der Waals surface area (Å²) in [5.41, 5.74) is 4.70. The van der Waals surface area contributed by atoms with Gasteiger partial charge in [0.2, 0.25) is 18.6 Å². The first-order valence-corrected chi connectivity index (χ1v) is 18.6. The number of benzene rings is 2. The lowest BCUT2D eigenvalue weighted by Gasteiger charge is -2.52. The molecule has 0 heterocycles. The number of ketones is 4. The van der Waals surface area contributed by atoms with Crippen molar-refractivity contribution in [2.45, 2.75) is 58.1 Å². The van der Waals surface area contributed by atoms with E-state index in [4.69, 9.17) is 15.2 Å². The first-order chi connectivity index (χ1) is 26.7. The van der Waals surface area contributed by atoms with Gasteiger partial charge in [-0.1, -0.05) is 30.5 Å². The van der Waals surface area contributed by atoms with Crippen LogP contribution in [0, 0.1) is 37.5 Å². The zero-order valence-corrected chi connectivity index (χ0v) is 33.0. The number of carbonyl (C=O) groups excluding carboxylic acids is 8. The number of aryl methyl sites for hydroxylation is 2. The molecule has 2 aromatic rings. The first-order valence-electron chi connectivity index (χ1n) is 18.6. The van der Waals surface area contributed by atoms with Gasteiger partial charge >= 0.3 is 12.1 Å². The standard InChI is InChI=1S/C40H49N5O12/c1-8-9-10-45(39(54)57-18-56-38(53)22-12-19(2)11-20(3)13-22)17-27(46)42-25-16-26(43(4)5)23-14-21-15-24-31(44(6)7)34(49)30(37(41)52)36(51)40(24,55)35(50)28(21)33(48)29(23)32(25)47/h11-13,16,21,24,28,30-31,47,55H,8-10,14-15,17-18H2,1-7H3,(H2,41,52)(H,42,46)/t21-,24-,28?,30?,31-,40-/m0/s1. The lowest BCUT2D eigenvalue weighted by molar-refractivity contribution is -0.181. The zero-order chi connectivity index (χ0) is 42.3. The van der Waals surface area contributed by atoms with E-state index < -0.39 is 101 Å². The van der Waals surface area contributed by atoms with Gasteiger partial charge in [-0.15, -0.1) is 0 Å². The highest BCUT2D eigenvalue weighted by molar-refractivity contribution is 6.32. The van der Waals surface area contributed by atoms with E-state index in [1.54, 1.807) is 31.1 Å². The minimum Gasteiger partial charge on any atom is -0.505 e. The molecule has 0 aliphatic heterocycles. The van der Waals surface area contributed by atoms with E-state index in [0.717, 1.165) is 16.0 Å². The van der Waals surface area contributed by atoms with Crippen LogP contribution in [0.5, 0.6) is 5.75 Å². The molecular weight excluding hydrogens is 742 g/mol. The van der Waals surface area contributed by atoms with Crippen LogP contribution in [0.2, 0.25) is 0 Å². The molecule has 3 amide bonds. The molecular formula is C40H49N5O12. The molecule has 17 nitrogen and oxygen atoms in total. The topological polar surface area (TPSA) is 243 Å². The summed E-state index contributed by atoms with van der Waals surface area (Å²) in [6.07, 6.45) is 0.100. The van der Waals surface area contributed by atoms with Crippen LogP contribution in [-0.4, -0.2) is 127 Å². The van der Waals surface area contributed by atoms with E-state index in [2.05, 4.69) is 5.32 Å². The third kappa shape index (κ3) is 7.85. The largest absolute Gasteiger partial charge is 0.505 e. The number of nitrogens with one attached hydrogen (secondary N) is 1. The summed E-state index contributed by atoms with van der Waals surface area (Å²) in [7, 11) is 6.34. The number of likely N-dealkylation sites (N-methyl/N-ethyl adjacent to an activating group) is 1. The third-order valence-electron chi connectivity index (χ3n) is 11.0. The summed E-state index contributed by atoms with van der Waals surface area (Å²) in [6.45, 7) is 4.34. The van der Waals surface area contributed by atoms with Gasteiger partial charge in [-0.3, -0.25) is 38.6 Å². The van der Waals surface area contributed by atoms with Gasteiger partial charge in [0, 0.05) is 32.2 Å². The molecule has 306 valence electrons. The van der Waals surface area contributed by atoms with E-state index in [1.807, 2.05) is 26.8 Å². The number of Topliss-reactive ketones (excluding diaryl/α,β-unsaturated/α-hetero) is 4. The van der Waals surface area contributed by atoms with E-state index in [-0.39, 0.29) is 36.2 Å². The summed E-state index contributed by atoms with van der Waals surface area (Å²) < 4.78 is 10.3. The van der Waals surface area contributed by atoms with Gasteiger partial charge in [0.1, 0.15) is 12.3 Å². The number of anilines is 2. The number of hydrogen-bond donors (Lipinski definition) is 4. The first kappa shape index (κ1) is 42.5. The highest BCUT2D eigenvalue weighted by Crippen LogP contribution is 2.52. The molecule has 0 saturated heterocycles. The second-order valence-electron chi connectivity index (χ2n) is 15.5. The van der Waals surface area contributed by atoms with Gasteiger partial charge in [0.05, 0.1) is 28.8 Å². The van der Waals surface area contributed by atoms with E-state index >= 15 is 0 Å². The van der Waals surface area contributed by atoms with Crippen molar-refractivity contribution < 1.29 is 58.0 Å². The van der Waals surface area contributed by atoms with Crippen LogP contribution in [0.15, 0.2) is 24.3 Å². The van der Waals surface area contributed by atoms with Gasteiger partial charge in [0.15, 0.2) is 34.7 Å². The molecule has 2 fully saturated rings. The second-order valence-corrected chi connectivity index (χ2v) is 15.5. The maximum atomic E-state index is 14.4. The lowest BCUT2D eigenvalue weighted by atomic mass is 9.52. The average molecular weight is 792 g/mol. The predicted octanol–water partition coefficient (Wildman–Crippen LogP) is 1.54. The predicted molar refractivity (Wildman–Crippen MR) is 203 cm³/mol. The molecule has 2 unspecified atom stereocenters. The van der Waals surface area contributed by atoms with Crippen LogP contribution >= 0.6 is 0 Å². The number of nitrogens with zero attached hydrogens (tertiary/aromatic N) is 3. The number of unbranched alkanes of at least 4 members (excludes halogenated alkanes) is 1. The lowest BCUT2D eigenvalue weighted by Crippen LogP contribution is -2.74. The van der Waals surface area contributed by atoms with Crippen molar-refractivity contribution in [2.24, 2.45) is 29.4 Å². The quantitative estimate of drug-likeness (QED) is 0.103. The van der Waals surface area contributed by atoms with Gasteiger partial charge in [-0.05, 0) is 76.9 Å². The van der Waals surface area contributed by atoms with E-state index in [0.29, 0.717) is 24.1 Å². The van der Waals surface area contributed by atoms with Gasteiger partial charge < -0.3 is 35.6 Å². The molecule has 5 N–H and O–H groups in total. The van der Waals surface area contributed by atoms with Crippen molar-refractivity contribution in [3.05, 3.63) is 52.1 Å². The van der Waals surface area contributed by atoms with Crippen LogP contribution in [0.3, 0.4) is 0 Å². The van der Waals surface area contributed by atoms with E-state index in [9.17, 15) is 48.6 Å². The summed E-state index contributed by atoms with van der Waals surface area (Å²) in [4.78, 5) is 111. The molecule has 0 radical (unpaired) electrons. The summed E-state index contributed by atoms with van der Waals surface area (Å²) in [6, 6.07) is 5.35. The van der Waals surface area contributed by atoms with Gasteiger partial charge in [0.25, 0.3) is 0 Å². The normalized spacial score (nSPS) is 23.9. The molecule has 2 aromatic carbocycles. The number of fused-ring (bicyclic) bond motifs is 3. The number of aromatic hydroxyl groups is 1. The number of hydrogen-bond acceptors (Lipinski definition) is 14. The summed E-state index contributed by atoms with van der Waals surface area (Å²) in [5, 5.41) is 26.0. The fourth-order valence-electron chi connectivity index (χ4n) is 8.49. The smallest absolute Gasteiger partial charge is 0.413 e. The average Bonchev–Trinajstić information content (AvgIpc) is 3.11. The monoisotopic (exact) mass is 791 g/mol. The molecule has 0 spiro atoms. The van der Waals surface area contributed by atoms with Crippen LogP contribution in [0.25, 0.3) is 0 Å². The van der Waals surface area contributed by atoms with Crippen LogP contribution in [0.1, 0.15) is 63.6 Å². The Labute approximate surface area is 329 Å². The Morgan fingerprint density at radius 2 is 1.61 bits per heavy atom. The number of nitrogens with two attached hydrogens (primary N) is 1. The minimum atomic E-state index is -2.89. The molecule has 6 atom stereocenters. The number of phenolic OH excluding ortho intramolecular Hbond substituents is 1. The molecule has 2 saturated carbocycles. The van der Waals surface area contributed by atoms with Crippen LogP contribution in [-0.2, 0) is 39.9 Å². The number of carbonyl (C=O) groups is 8. The SMILES string of the molecule is CCCCN(CC(=O)Nc1cc(N(C)C)c2c(c1O)C(=O)C1C(=O)[C@]3(O)C(=O)C(C(N)=O)C(=O)[C@@H](N(C)C)[C@@H]3C[C@@H]1C2)C(=O)OCOC(=O)c1cc(C)cc(C)c1. The number of amides is 3. The van der Waals surface area contributed by atoms with Crippen molar-refractivity contribution in [3.8, 4) is 5.75 Å². The Morgan fingerprint density at radius 1 is 0.965 bits per heavy atom. The van der Waals surface area contributed by atoms with Crippen molar-refractivity contribution >= 4 is 58.4 Å². The Balaban J connectivity index is 1.39. The fourth-order valence-corrected chi connectivity index (χ4v) is 8.49. The number of ether oxygens (including phenoxy) is 2. The molecule has 0 bridgehead atoms. The second kappa shape index (κ2) is 16.4. The van der Waals surface area contributed by atoms with Crippen molar-refractivity contribution in [3.63, 3.8) is 0 Å². The molecule has 17 heteroatoms. The molecule has 0 aromatic heterocycles. The molecule has 5 rings (SSSR count). The van der Waals surface area contributed by atoms with Crippen molar-refractivity contribution in [2.75, 3.05) is 58.3 Å². The van der Waals surface area contributed by atoms with Crippen LogP contribution < -0.4 is 16.0 Å². The number of phenols is 1. The highest BCUT2D eigenvalue weighted by atomic mass is 16.7. The van der Waals surface area contributed by atoms with Gasteiger partial charge in [-0.2, -0.15) is 0 Å². The Kier molecular flexibility index (Phi) is 12.2. The Morgan fingerprint density at radius 3 is 2.19 bits per heavy atom. The fraction of sp³-hybridized carbons (Fsp3) is 0.500. The zero-order valence-electron chi connectivity index (χ0n) is 33.0. The molecule has 57 heavy (non-hydrogen) atoms. The molecule has 3 aliphatic carbocycles. The number of rotatable bonds is 12. The minimum absolute atomic E-state index is 0.0197. The Bertz CT molecular complexity index is 2030. The van der Waals surface area contributed by atoms with Crippen LogP contribution in [0.4, 0.5) is 16.2 Å². The van der Waals surface area contributed by atoms with Crippen molar-refractivity contribution in [1.29, 1.82) is 0 Å². The highest BCUT2D eigenvalue weighted by Gasteiger charge is 2.69. The summed E-state index contributed by atoms with van der Waals surface area (Å²) >= 11 is 0. The third-order valence-corrected chi connectivity index (χ3v) is 11.0.